The number of hydrogen-bond donors (Lipinski definition) is 1. The number of esters is 1. The van der Waals surface area contributed by atoms with E-state index in [-0.39, 0.29) is 5.97 Å². The molecule has 3 nitrogen and oxygen atoms in total. The maximum atomic E-state index is 10.9. The highest BCUT2D eigenvalue weighted by molar-refractivity contribution is 7.12. The van der Waals surface area contributed by atoms with Gasteiger partial charge in [-0.25, -0.2) is 0 Å². The molecule has 0 saturated heterocycles. The van der Waals surface area contributed by atoms with Crippen LogP contribution in [0.1, 0.15) is 29.1 Å². The van der Waals surface area contributed by atoms with Crippen LogP contribution >= 0.6 is 11.3 Å². The Morgan fingerprint density at radius 3 is 2.87 bits per heavy atom. The molecule has 1 rings (SSSR count). The molecule has 0 bridgehead atoms. The Kier molecular flexibility index (Phi) is 4.78. The quantitative estimate of drug-likeness (QED) is 0.784. The molecule has 0 fully saturated rings. The van der Waals surface area contributed by atoms with Crippen molar-refractivity contribution in [3.8, 4) is 0 Å². The lowest BCUT2D eigenvalue weighted by Crippen LogP contribution is -2.21. The summed E-state index contributed by atoms with van der Waals surface area (Å²) in [6.45, 7) is 4.85. The molecule has 0 aliphatic rings. The lowest BCUT2D eigenvalue weighted by Gasteiger charge is -2.10. The largest absolute Gasteiger partial charge is 0.469 e. The predicted octanol–water partition coefficient (Wildman–Crippen LogP) is 2.27. The second-order valence-electron chi connectivity index (χ2n) is 3.45. The third-order valence-electron chi connectivity index (χ3n) is 2.20. The van der Waals surface area contributed by atoms with Crippen LogP contribution < -0.4 is 5.32 Å². The summed E-state index contributed by atoms with van der Waals surface area (Å²) < 4.78 is 4.57. The number of hydrogen-bond acceptors (Lipinski definition) is 4. The minimum Gasteiger partial charge on any atom is -0.469 e. The summed E-state index contributed by atoms with van der Waals surface area (Å²) in [5, 5.41) is 3.29. The molecule has 1 aromatic heterocycles. The summed E-state index contributed by atoms with van der Waals surface area (Å²) in [7, 11) is 1.41. The van der Waals surface area contributed by atoms with Gasteiger partial charge in [0.15, 0.2) is 0 Å². The molecule has 15 heavy (non-hydrogen) atoms. The fourth-order valence-electron chi connectivity index (χ4n) is 1.28. The van der Waals surface area contributed by atoms with Crippen LogP contribution in [0.5, 0.6) is 0 Å². The Bertz CT molecular complexity index is 322. The molecule has 0 saturated carbocycles. The van der Waals surface area contributed by atoms with Crippen molar-refractivity contribution >= 4 is 17.3 Å². The summed E-state index contributed by atoms with van der Waals surface area (Å²) >= 11 is 1.78. The summed E-state index contributed by atoms with van der Waals surface area (Å²) in [5.41, 5.74) is 0. The number of ether oxygens (including phenoxy) is 1. The first-order valence-electron chi connectivity index (χ1n) is 5.00. The Morgan fingerprint density at radius 1 is 1.60 bits per heavy atom. The lowest BCUT2D eigenvalue weighted by atomic mass is 10.2. The summed E-state index contributed by atoms with van der Waals surface area (Å²) in [4.78, 5) is 13.5. The van der Waals surface area contributed by atoms with Gasteiger partial charge in [0.05, 0.1) is 13.5 Å². The lowest BCUT2D eigenvalue weighted by molar-refractivity contribution is -0.140. The van der Waals surface area contributed by atoms with Crippen molar-refractivity contribution in [2.24, 2.45) is 0 Å². The van der Waals surface area contributed by atoms with E-state index in [0.29, 0.717) is 19.0 Å². The second-order valence-corrected chi connectivity index (χ2v) is 4.77. The van der Waals surface area contributed by atoms with Crippen molar-refractivity contribution in [3.05, 3.63) is 21.9 Å². The van der Waals surface area contributed by atoms with Gasteiger partial charge >= 0.3 is 5.97 Å². The Labute approximate surface area is 94.5 Å². The van der Waals surface area contributed by atoms with Crippen LogP contribution in [-0.4, -0.2) is 19.6 Å². The van der Waals surface area contributed by atoms with Crippen molar-refractivity contribution in [1.82, 2.24) is 5.32 Å². The number of thiophene rings is 1. The molecule has 1 aromatic rings. The van der Waals surface area contributed by atoms with Crippen LogP contribution in [0.25, 0.3) is 0 Å². The molecule has 0 aliphatic heterocycles. The van der Waals surface area contributed by atoms with Gasteiger partial charge in [0, 0.05) is 22.3 Å². The minimum absolute atomic E-state index is 0.169. The van der Waals surface area contributed by atoms with E-state index in [1.54, 1.807) is 11.3 Å². The number of methoxy groups -OCH3 is 1. The van der Waals surface area contributed by atoms with Gasteiger partial charge in [-0.1, -0.05) is 0 Å². The van der Waals surface area contributed by atoms with Crippen LogP contribution in [0.2, 0.25) is 0 Å². The fraction of sp³-hybridized carbons (Fsp3) is 0.545. The van der Waals surface area contributed by atoms with Gasteiger partial charge < -0.3 is 10.1 Å². The van der Waals surface area contributed by atoms with Crippen LogP contribution in [0, 0.1) is 6.92 Å². The smallest absolute Gasteiger partial charge is 0.306 e. The zero-order chi connectivity index (χ0) is 11.3. The first-order valence-corrected chi connectivity index (χ1v) is 5.81. The first kappa shape index (κ1) is 12.2. The van der Waals surface area contributed by atoms with E-state index >= 15 is 0 Å². The third-order valence-corrected chi connectivity index (χ3v) is 3.38. The minimum atomic E-state index is -0.169. The molecule has 84 valence electrons. The average molecular weight is 227 g/mol. The SMILES string of the molecule is COC(=O)CCNC(C)c1ccc(C)s1. The van der Waals surface area contributed by atoms with Gasteiger partial charge in [0.2, 0.25) is 0 Å². The molecule has 1 unspecified atom stereocenters. The number of rotatable bonds is 5. The van der Waals surface area contributed by atoms with Crippen molar-refractivity contribution in [3.63, 3.8) is 0 Å². The molecule has 0 aliphatic carbocycles. The van der Waals surface area contributed by atoms with E-state index < -0.39 is 0 Å². The zero-order valence-corrected chi connectivity index (χ0v) is 10.2. The number of aryl methyl sites for hydroxylation is 1. The van der Waals surface area contributed by atoms with Gasteiger partial charge in [-0.2, -0.15) is 0 Å². The summed E-state index contributed by atoms with van der Waals surface area (Å²) in [6, 6.07) is 4.53. The molecule has 1 heterocycles. The Morgan fingerprint density at radius 2 is 2.33 bits per heavy atom. The standard InChI is InChI=1S/C11H17NO2S/c1-8-4-5-10(15-8)9(2)12-7-6-11(13)14-3/h4-5,9,12H,6-7H2,1-3H3. The molecule has 4 heteroatoms. The Hall–Kier alpha value is -0.870. The van der Waals surface area contributed by atoms with Gasteiger partial charge in [-0.15, -0.1) is 11.3 Å². The molecule has 1 atom stereocenters. The molecular weight excluding hydrogens is 210 g/mol. The van der Waals surface area contributed by atoms with Crippen molar-refractivity contribution in [1.29, 1.82) is 0 Å². The molecule has 0 aromatic carbocycles. The predicted molar refractivity (Wildman–Crippen MR) is 62.1 cm³/mol. The fourth-order valence-corrected chi connectivity index (χ4v) is 2.18. The topological polar surface area (TPSA) is 38.3 Å². The first-order chi connectivity index (χ1) is 7.13. The van der Waals surface area contributed by atoms with E-state index in [4.69, 9.17) is 0 Å². The average Bonchev–Trinajstić information content (AvgIpc) is 2.64. The van der Waals surface area contributed by atoms with Crippen molar-refractivity contribution in [2.75, 3.05) is 13.7 Å². The van der Waals surface area contributed by atoms with E-state index in [9.17, 15) is 4.79 Å². The maximum Gasteiger partial charge on any atom is 0.306 e. The normalized spacial score (nSPS) is 12.5. The van der Waals surface area contributed by atoms with Gasteiger partial charge in [-0.3, -0.25) is 4.79 Å². The summed E-state index contributed by atoms with van der Waals surface area (Å²) in [6.07, 6.45) is 0.422. The van der Waals surface area contributed by atoms with Gasteiger partial charge in [-0.05, 0) is 26.0 Å². The highest BCUT2D eigenvalue weighted by Crippen LogP contribution is 2.21. The highest BCUT2D eigenvalue weighted by Gasteiger charge is 2.07. The van der Waals surface area contributed by atoms with E-state index in [1.165, 1.54) is 16.9 Å². The highest BCUT2D eigenvalue weighted by atomic mass is 32.1. The second kappa shape index (κ2) is 5.88. The van der Waals surface area contributed by atoms with Crippen molar-refractivity contribution < 1.29 is 9.53 Å². The number of carbonyl (C=O) groups is 1. The molecular formula is C11H17NO2S. The molecule has 1 N–H and O–H groups in total. The van der Waals surface area contributed by atoms with Crippen molar-refractivity contribution in [2.45, 2.75) is 26.3 Å². The van der Waals surface area contributed by atoms with Crippen LogP contribution in [-0.2, 0) is 9.53 Å². The number of nitrogens with one attached hydrogen (secondary N) is 1. The molecule has 0 radical (unpaired) electrons. The maximum absolute atomic E-state index is 10.9. The van der Waals surface area contributed by atoms with E-state index in [0.717, 1.165) is 0 Å². The Balaban J connectivity index is 2.30. The molecule has 0 amide bonds. The number of carbonyl (C=O) groups excluding carboxylic acids is 1. The van der Waals surface area contributed by atoms with Crippen LogP contribution in [0.15, 0.2) is 12.1 Å². The van der Waals surface area contributed by atoms with Gasteiger partial charge in [0.25, 0.3) is 0 Å². The van der Waals surface area contributed by atoms with E-state index in [2.05, 4.69) is 36.0 Å². The van der Waals surface area contributed by atoms with Crippen LogP contribution in [0.3, 0.4) is 0 Å². The third kappa shape index (κ3) is 4.01. The molecule has 0 spiro atoms. The zero-order valence-electron chi connectivity index (χ0n) is 9.37. The summed E-state index contributed by atoms with van der Waals surface area (Å²) in [5.74, 6) is -0.169. The van der Waals surface area contributed by atoms with Gasteiger partial charge in [0.1, 0.15) is 0 Å². The van der Waals surface area contributed by atoms with E-state index in [1.807, 2.05) is 0 Å². The monoisotopic (exact) mass is 227 g/mol. The van der Waals surface area contributed by atoms with Crippen LogP contribution in [0.4, 0.5) is 0 Å².